The van der Waals surface area contributed by atoms with Gasteiger partial charge in [0, 0.05) is 18.2 Å². The monoisotopic (exact) mass is 382 g/mol. The highest BCUT2D eigenvalue weighted by Gasteiger charge is 2.42. The highest BCUT2D eigenvalue weighted by Crippen LogP contribution is 2.32. The molecule has 0 unspecified atom stereocenters. The largest absolute Gasteiger partial charge is 0.452 e. The third kappa shape index (κ3) is 4.01. The van der Waals surface area contributed by atoms with Gasteiger partial charge in [0.25, 0.3) is 11.6 Å². The van der Waals surface area contributed by atoms with Gasteiger partial charge in [-0.05, 0) is 25.3 Å². The number of sulfone groups is 1. The van der Waals surface area contributed by atoms with Crippen molar-refractivity contribution in [3.05, 3.63) is 39.9 Å². The van der Waals surface area contributed by atoms with E-state index < -0.39 is 45.0 Å². The molecule has 1 aromatic rings. The van der Waals surface area contributed by atoms with Gasteiger partial charge < -0.3 is 9.64 Å². The Kier molecular flexibility index (Phi) is 4.94. The first-order valence-corrected chi connectivity index (χ1v) is 10.0. The Balaban J connectivity index is 1.66. The standard InChI is InChI=1S/C16H18N2O7S/c19-15(17(11-5-6-11)12-7-8-26(23,24)10-12)9-25-16(20)13-3-1-2-4-14(13)18(21)22/h1-4,11-12H,5-10H2/t12-/m0/s1. The Morgan fingerprint density at radius 1 is 1.19 bits per heavy atom. The van der Waals surface area contributed by atoms with Gasteiger partial charge in [-0.15, -0.1) is 0 Å². The Labute approximate surface area is 150 Å². The Bertz CT molecular complexity index is 848. The van der Waals surface area contributed by atoms with E-state index in [1.807, 2.05) is 0 Å². The lowest BCUT2D eigenvalue weighted by Gasteiger charge is -2.28. The normalized spacial score (nSPS) is 21.2. The number of nitrogens with zero attached hydrogens (tertiary/aromatic N) is 2. The molecule has 1 saturated heterocycles. The molecule has 26 heavy (non-hydrogen) atoms. The molecule has 0 spiro atoms. The third-order valence-electron chi connectivity index (χ3n) is 4.48. The molecule has 2 aliphatic rings. The van der Waals surface area contributed by atoms with Crippen molar-refractivity contribution in [2.45, 2.75) is 31.3 Å². The summed E-state index contributed by atoms with van der Waals surface area (Å²) in [5, 5.41) is 11.0. The fourth-order valence-corrected chi connectivity index (χ4v) is 4.85. The average Bonchev–Trinajstić information content (AvgIpc) is 3.36. The molecular weight excluding hydrogens is 364 g/mol. The Hall–Kier alpha value is -2.49. The topological polar surface area (TPSA) is 124 Å². The fraction of sp³-hybridized carbons (Fsp3) is 0.500. The lowest BCUT2D eigenvalue weighted by atomic mass is 10.2. The van der Waals surface area contributed by atoms with Crippen molar-refractivity contribution < 1.29 is 27.7 Å². The maximum absolute atomic E-state index is 12.5. The van der Waals surface area contributed by atoms with Crippen LogP contribution >= 0.6 is 0 Å². The summed E-state index contributed by atoms with van der Waals surface area (Å²) in [4.78, 5) is 36.4. The summed E-state index contributed by atoms with van der Waals surface area (Å²) < 4.78 is 28.3. The van der Waals surface area contributed by atoms with Gasteiger partial charge in [0.1, 0.15) is 5.56 Å². The van der Waals surface area contributed by atoms with Crippen LogP contribution in [0.2, 0.25) is 0 Å². The molecule has 10 heteroatoms. The molecule has 9 nitrogen and oxygen atoms in total. The van der Waals surface area contributed by atoms with Gasteiger partial charge in [0.2, 0.25) is 0 Å². The van der Waals surface area contributed by atoms with Crippen LogP contribution in [0, 0.1) is 10.1 Å². The molecule has 1 heterocycles. The molecule has 1 aliphatic carbocycles. The van der Waals surface area contributed by atoms with Crippen LogP contribution in [-0.4, -0.2) is 60.3 Å². The number of rotatable bonds is 6. The second-order valence-corrected chi connectivity index (χ2v) is 8.67. The zero-order valence-electron chi connectivity index (χ0n) is 13.9. The van der Waals surface area contributed by atoms with E-state index >= 15 is 0 Å². The van der Waals surface area contributed by atoms with E-state index in [0.29, 0.717) is 6.42 Å². The molecular formula is C16H18N2O7S. The minimum absolute atomic E-state index is 0.0226. The van der Waals surface area contributed by atoms with E-state index in [1.165, 1.54) is 29.2 Å². The van der Waals surface area contributed by atoms with Gasteiger partial charge in [0.05, 0.1) is 16.4 Å². The quantitative estimate of drug-likeness (QED) is 0.407. The lowest BCUT2D eigenvalue weighted by molar-refractivity contribution is -0.385. The number of hydrogen-bond acceptors (Lipinski definition) is 7. The predicted molar refractivity (Wildman–Crippen MR) is 90.3 cm³/mol. The van der Waals surface area contributed by atoms with Crippen molar-refractivity contribution in [3.63, 3.8) is 0 Å². The number of benzene rings is 1. The molecule has 0 radical (unpaired) electrons. The second kappa shape index (κ2) is 7.02. The average molecular weight is 382 g/mol. The van der Waals surface area contributed by atoms with Crippen molar-refractivity contribution in [1.82, 2.24) is 4.90 Å². The van der Waals surface area contributed by atoms with E-state index in [1.54, 1.807) is 0 Å². The van der Waals surface area contributed by atoms with Gasteiger partial charge in [-0.1, -0.05) is 12.1 Å². The summed E-state index contributed by atoms with van der Waals surface area (Å²) >= 11 is 0. The smallest absolute Gasteiger partial charge is 0.345 e. The highest BCUT2D eigenvalue weighted by molar-refractivity contribution is 7.91. The van der Waals surface area contributed by atoms with Crippen LogP contribution in [0.1, 0.15) is 29.6 Å². The van der Waals surface area contributed by atoms with E-state index in [4.69, 9.17) is 4.74 Å². The number of ether oxygens (including phenoxy) is 1. The van der Waals surface area contributed by atoms with Crippen molar-refractivity contribution in [2.24, 2.45) is 0 Å². The van der Waals surface area contributed by atoms with Crippen LogP contribution in [0.15, 0.2) is 24.3 Å². The molecule has 1 amide bonds. The number of hydrogen-bond donors (Lipinski definition) is 0. The van der Waals surface area contributed by atoms with Crippen molar-refractivity contribution in [2.75, 3.05) is 18.1 Å². The maximum atomic E-state index is 12.5. The highest BCUT2D eigenvalue weighted by atomic mass is 32.2. The number of amides is 1. The van der Waals surface area contributed by atoms with Gasteiger partial charge in [-0.2, -0.15) is 0 Å². The predicted octanol–water partition coefficient (Wildman–Crippen LogP) is 0.930. The second-order valence-electron chi connectivity index (χ2n) is 6.44. The summed E-state index contributed by atoms with van der Waals surface area (Å²) in [6.07, 6.45) is 1.96. The molecule has 3 rings (SSSR count). The number of para-hydroxylation sites is 1. The summed E-state index contributed by atoms with van der Waals surface area (Å²) in [5.41, 5.74) is -0.627. The maximum Gasteiger partial charge on any atom is 0.345 e. The molecule has 1 saturated carbocycles. The van der Waals surface area contributed by atoms with E-state index in [0.717, 1.165) is 12.8 Å². The molecule has 0 N–H and O–H groups in total. The van der Waals surface area contributed by atoms with Crippen molar-refractivity contribution in [1.29, 1.82) is 0 Å². The van der Waals surface area contributed by atoms with Crippen molar-refractivity contribution in [3.8, 4) is 0 Å². The number of nitro groups is 1. The summed E-state index contributed by atoms with van der Waals surface area (Å²) in [6, 6.07) is 4.90. The van der Waals surface area contributed by atoms with Gasteiger partial charge in [0.15, 0.2) is 16.4 Å². The molecule has 1 atom stereocenters. The molecule has 140 valence electrons. The first kappa shape index (κ1) is 18.3. The van der Waals surface area contributed by atoms with Gasteiger partial charge in [-0.25, -0.2) is 13.2 Å². The van der Waals surface area contributed by atoms with E-state index in [2.05, 4.69) is 0 Å². The van der Waals surface area contributed by atoms with Crippen LogP contribution in [0.4, 0.5) is 5.69 Å². The van der Waals surface area contributed by atoms with E-state index in [9.17, 15) is 28.1 Å². The fourth-order valence-electron chi connectivity index (χ4n) is 3.14. The molecule has 1 aromatic carbocycles. The molecule has 1 aliphatic heterocycles. The first-order valence-electron chi connectivity index (χ1n) is 8.20. The number of nitro benzene ring substituents is 1. The van der Waals surface area contributed by atoms with Crippen LogP contribution in [-0.2, 0) is 19.4 Å². The molecule has 2 fully saturated rings. The van der Waals surface area contributed by atoms with Gasteiger partial charge in [-0.3, -0.25) is 14.9 Å². The molecule has 0 bridgehead atoms. The summed E-state index contributed by atoms with van der Waals surface area (Å²) in [7, 11) is -3.15. The van der Waals surface area contributed by atoms with Crippen LogP contribution in [0.5, 0.6) is 0 Å². The van der Waals surface area contributed by atoms with Gasteiger partial charge >= 0.3 is 5.97 Å². The zero-order chi connectivity index (χ0) is 18.9. The number of carbonyl (C=O) groups is 2. The molecule has 0 aromatic heterocycles. The number of carbonyl (C=O) groups excluding carboxylic acids is 2. The lowest BCUT2D eigenvalue weighted by Crippen LogP contribution is -2.44. The SMILES string of the molecule is O=C(OCC(=O)N(C1CC1)[C@H]1CCS(=O)(=O)C1)c1ccccc1[N+](=O)[O-]. The zero-order valence-corrected chi connectivity index (χ0v) is 14.7. The minimum Gasteiger partial charge on any atom is -0.452 e. The first-order chi connectivity index (χ1) is 12.3. The van der Waals surface area contributed by atoms with Crippen LogP contribution < -0.4 is 0 Å². The summed E-state index contributed by atoms with van der Waals surface area (Å²) in [6.45, 7) is -0.571. The van der Waals surface area contributed by atoms with Crippen LogP contribution in [0.3, 0.4) is 0 Å². The van der Waals surface area contributed by atoms with Crippen molar-refractivity contribution >= 4 is 27.4 Å². The summed E-state index contributed by atoms with van der Waals surface area (Å²) in [5.74, 6) is -1.46. The third-order valence-corrected chi connectivity index (χ3v) is 6.23. The minimum atomic E-state index is -3.15. The Morgan fingerprint density at radius 2 is 1.88 bits per heavy atom. The van der Waals surface area contributed by atoms with Crippen LogP contribution in [0.25, 0.3) is 0 Å². The Morgan fingerprint density at radius 3 is 2.46 bits per heavy atom. The van der Waals surface area contributed by atoms with E-state index in [-0.39, 0.29) is 23.1 Å². The number of esters is 1.